The SMILES string of the molecule is Cl.NCCN(CCc1ccccc1)CC(=O)Nc1c(Cl)cccc1Cl. The Morgan fingerprint density at radius 3 is 2.24 bits per heavy atom. The van der Waals surface area contributed by atoms with Gasteiger partial charge in [-0.05, 0) is 24.1 Å². The summed E-state index contributed by atoms with van der Waals surface area (Å²) < 4.78 is 0. The number of rotatable bonds is 8. The normalized spacial score (nSPS) is 10.4. The highest BCUT2D eigenvalue weighted by Crippen LogP contribution is 2.29. The second kappa shape index (κ2) is 11.3. The highest BCUT2D eigenvalue weighted by Gasteiger charge is 2.13. The number of amides is 1. The smallest absolute Gasteiger partial charge is 0.238 e. The van der Waals surface area contributed by atoms with Crippen molar-refractivity contribution in [2.75, 3.05) is 31.5 Å². The van der Waals surface area contributed by atoms with E-state index in [1.54, 1.807) is 18.2 Å². The summed E-state index contributed by atoms with van der Waals surface area (Å²) in [6.07, 6.45) is 0.862. The molecule has 3 N–H and O–H groups in total. The largest absolute Gasteiger partial charge is 0.329 e. The van der Waals surface area contributed by atoms with Crippen LogP contribution in [0.5, 0.6) is 0 Å². The van der Waals surface area contributed by atoms with E-state index >= 15 is 0 Å². The molecule has 0 fully saturated rings. The van der Waals surface area contributed by atoms with Crippen molar-refractivity contribution in [3.63, 3.8) is 0 Å². The van der Waals surface area contributed by atoms with Crippen LogP contribution in [0.15, 0.2) is 48.5 Å². The third kappa shape index (κ3) is 7.22. The van der Waals surface area contributed by atoms with Gasteiger partial charge in [0, 0.05) is 19.6 Å². The van der Waals surface area contributed by atoms with Gasteiger partial charge in [-0.2, -0.15) is 0 Å². The second-order valence-electron chi connectivity index (χ2n) is 5.45. The topological polar surface area (TPSA) is 58.4 Å². The molecule has 0 aliphatic heterocycles. The molecule has 0 heterocycles. The minimum atomic E-state index is -0.161. The molecule has 0 atom stereocenters. The van der Waals surface area contributed by atoms with E-state index in [1.165, 1.54) is 5.56 Å². The van der Waals surface area contributed by atoms with Crippen molar-refractivity contribution in [1.82, 2.24) is 4.90 Å². The number of nitrogens with two attached hydrogens (primary N) is 1. The molecule has 2 aromatic rings. The number of para-hydroxylation sites is 1. The summed E-state index contributed by atoms with van der Waals surface area (Å²) in [5, 5.41) is 3.62. The minimum Gasteiger partial charge on any atom is -0.329 e. The Morgan fingerprint density at radius 2 is 1.64 bits per heavy atom. The van der Waals surface area contributed by atoms with Crippen molar-refractivity contribution >= 4 is 47.2 Å². The molecule has 1 amide bonds. The zero-order valence-corrected chi connectivity index (χ0v) is 16.1. The minimum absolute atomic E-state index is 0. The van der Waals surface area contributed by atoms with Crippen molar-refractivity contribution in [2.24, 2.45) is 5.73 Å². The fraction of sp³-hybridized carbons (Fsp3) is 0.278. The second-order valence-corrected chi connectivity index (χ2v) is 6.26. The van der Waals surface area contributed by atoms with Gasteiger partial charge in [0.15, 0.2) is 0 Å². The average molecular weight is 403 g/mol. The first-order valence-electron chi connectivity index (χ1n) is 7.80. The van der Waals surface area contributed by atoms with Crippen LogP contribution in [0.4, 0.5) is 5.69 Å². The van der Waals surface area contributed by atoms with Crippen LogP contribution in [-0.2, 0) is 11.2 Å². The molecular formula is C18H22Cl3N3O. The maximum Gasteiger partial charge on any atom is 0.238 e. The number of carbonyl (C=O) groups is 1. The molecule has 4 nitrogen and oxygen atoms in total. The third-order valence-electron chi connectivity index (χ3n) is 3.60. The lowest BCUT2D eigenvalue weighted by atomic mass is 10.1. The van der Waals surface area contributed by atoms with Gasteiger partial charge in [-0.25, -0.2) is 0 Å². The molecule has 0 spiro atoms. The molecule has 2 rings (SSSR count). The maximum absolute atomic E-state index is 12.3. The molecular weight excluding hydrogens is 381 g/mol. The summed E-state index contributed by atoms with van der Waals surface area (Å²) in [5.74, 6) is -0.161. The zero-order valence-electron chi connectivity index (χ0n) is 13.8. The molecule has 0 saturated heterocycles. The molecule has 0 aromatic heterocycles. The Hall–Kier alpha value is -1.30. The van der Waals surface area contributed by atoms with Gasteiger partial charge in [-0.15, -0.1) is 12.4 Å². The first-order chi connectivity index (χ1) is 11.6. The van der Waals surface area contributed by atoms with E-state index in [4.69, 9.17) is 28.9 Å². The molecule has 2 aromatic carbocycles. The Balaban J connectivity index is 0.00000312. The van der Waals surface area contributed by atoms with Crippen molar-refractivity contribution in [2.45, 2.75) is 6.42 Å². The van der Waals surface area contributed by atoms with E-state index in [1.807, 2.05) is 23.1 Å². The van der Waals surface area contributed by atoms with Gasteiger partial charge >= 0.3 is 0 Å². The van der Waals surface area contributed by atoms with Gasteiger partial charge < -0.3 is 11.1 Å². The lowest BCUT2D eigenvalue weighted by Crippen LogP contribution is -2.38. The highest BCUT2D eigenvalue weighted by molar-refractivity contribution is 6.39. The van der Waals surface area contributed by atoms with Gasteiger partial charge in [0.1, 0.15) is 0 Å². The van der Waals surface area contributed by atoms with Crippen LogP contribution in [0.25, 0.3) is 0 Å². The highest BCUT2D eigenvalue weighted by atomic mass is 35.5. The number of nitrogens with one attached hydrogen (secondary N) is 1. The van der Waals surface area contributed by atoms with Crippen molar-refractivity contribution in [3.05, 3.63) is 64.1 Å². The molecule has 0 aliphatic rings. The van der Waals surface area contributed by atoms with Gasteiger partial charge in [-0.1, -0.05) is 59.6 Å². The van der Waals surface area contributed by atoms with Crippen molar-refractivity contribution in [1.29, 1.82) is 0 Å². The average Bonchev–Trinajstić information content (AvgIpc) is 2.57. The van der Waals surface area contributed by atoms with Gasteiger partial charge in [0.2, 0.25) is 5.91 Å². The number of nitrogens with zero attached hydrogens (tertiary/aromatic N) is 1. The molecule has 25 heavy (non-hydrogen) atoms. The summed E-state index contributed by atoms with van der Waals surface area (Å²) >= 11 is 12.2. The van der Waals surface area contributed by atoms with Gasteiger partial charge in [0.25, 0.3) is 0 Å². The molecule has 0 radical (unpaired) electrons. The van der Waals surface area contributed by atoms with Crippen LogP contribution in [0.3, 0.4) is 0 Å². The third-order valence-corrected chi connectivity index (χ3v) is 4.23. The zero-order chi connectivity index (χ0) is 17.4. The molecule has 7 heteroatoms. The first-order valence-corrected chi connectivity index (χ1v) is 8.56. The fourth-order valence-electron chi connectivity index (χ4n) is 2.38. The number of halogens is 3. The lowest BCUT2D eigenvalue weighted by Gasteiger charge is -2.21. The van der Waals surface area contributed by atoms with E-state index in [9.17, 15) is 4.79 Å². The van der Waals surface area contributed by atoms with Gasteiger partial charge in [-0.3, -0.25) is 9.69 Å². The molecule has 0 aliphatic carbocycles. The van der Waals surface area contributed by atoms with E-state index < -0.39 is 0 Å². The van der Waals surface area contributed by atoms with Crippen LogP contribution in [0.2, 0.25) is 10.0 Å². The lowest BCUT2D eigenvalue weighted by molar-refractivity contribution is -0.117. The quantitative estimate of drug-likeness (QED) is 0.705. The number of hydrogen-bond donors (Lipinski definition) is 2. The van der Waals surface area contributed by atoms with Crippen LogP contribution in [-0.4, -0.2) is 37.0 Å². The molecule has 0 saturated carbocycles. The molecule has 136 valence electrons. The van der Waals surface area contributed by atoms with Crippen molar-refractivity contribution in [3.8, 4) is 0 Å². The van der Waals surface area contributed by atoms with Crippen LogP contribution in [0, 0.1) is 0 Å². The summed E-state index contributed by atoms with van der Waals surface area (Å²) in [7, 11) is 0. The van der Waals surface area contributed by atoms with E-state index in [0.717, 1.165) is 13.0 Å². The Labute approximate surface area is 164 Å². The molecule has 0 unspecified atom stereocenters. The van der Waals surface area contributed by atoms with Crippen molar-refractivity contribution < 1.29 is 4.79 Å². The summed E-state index contributed by atoms with van der Waals surface area (Å²) in [6, 6.07) is 15.3. The monoisotopic (exact) mass is 401 g/mol. The Kier molecular flexibility index (Phi) is 9.86. The Bertz CT molecular complexity index is 648. The van der Waals surface area contributed by atoms with E-state index in [0.29, 0.717) is 28.8 Å². The first kappa shape index (κ1) is 21.7. The van der Waals surface area contributed by atoms with Gasteiger partial charge in [0.05, 0.1) is 22.3 Å². The summed E-state index contributed by atoms with van der Waals surface area (Å²) in [4.78, 5) is 14.3. The van der Waals surface area contributed by atoms with E-state index in [2.05, 4.69) is 17.4 Å². The standard InChI is InChI=1S/C18H21Cl2N3O.ClH/c19-15-7-4-8-16(20)18(15)22-17(24)13-23(12-10-21)11-9-14-5-2-1-3-6-14;/h1-8H,9-13,21H2,(H,22,24);1H. The van der Waals surface area contributed by atoms with Crippen LogP contribution >= 0.6 is 35.6 Å². The van der Waals surface area contributed by atoms with Crippen LogP contribution in [0.1, 0.15) is 5.56 Å². The number of carbonyl (C=O) groups excluding carboxylic acids is 1. The van der Waals surface area contributed by atoms with E-state index in [-0.39, 0.29) is 24.9 Å². The summed E-state index contributed by atoms with van der Waals surface area (Å²) in [5.41, 5.74) is 7.34. The van der Waals surface area contributed by atoms with Crippen LogP contribution < -0.4 is 11.1 Å². The Morgan fingerprint density at radius 1 is 1.00 bits per heavy atom. The fourth-order valence-corrected chi connectivity index (χ4v) is 2.88. The number of hydrogen-bond acceptors (Lipinski definition) is 3. The number of benzene rings is 2. The predicted molar refractivity (Wildman–Crippen MR) is 108 cm³/mol. The maximum atomic E-state index is 12.3. The predicted octanol–water partition coefficient (Wildman–Crippen LogP) is 3.86. The number of anilines is 1. The summed E-state index contributed by atoms with van der Waals surface area (Å²) in [6.45, 7) is 2.14. The molecule has 0 bridgehead atoms.